The van der Waals surface area contributed by atoms with Crippen molar-refractivity contribution in [3.8, 4) is 0 Å². The van der Waals surface area contributed by atoms with E-state index in [1.54, 1.807) is 18.2 Å². The third-order valence-corrected chi connectivity index (χ3v) is 3.92. The molecule has 1 amide bonds. The van der Waals surface area contributed by atoms with E-state index in [0.29, 0.717) is 4.90 Å². The van der Waals surface area contributed by atoms with Gasteiger partial charge in [0.05, 0.1) is 5.75 Å². The van der Waals surface area contributed by atoms with Gasteiger partial charge in [-0.25, -0.2) is 4.39 Å². The minimum Gasteiger partial charge on any atom is -0.460 e. The largest absolute Gasteiger partial charge is 0.460 e. The smallest absolute Gasteiger partial charge is 0.325 e. The fourth-order valence-corrected chi connectivity index (χ4v) is 2.49. The number of amides is 1. The molecule has 2 rings (SSSR count). The maximum atomic E-state index is 13.4. The molecule has 1 N–H and O–H groups in total. The number of ether oxygens (including phenoxy) is 1. The van der Waals surface area contributed by atoms with Crippen LogP contribution in [0.5, 0.6) is 0 Å². The summed E-state index contributed by atoms with van der Waals surface area (Å²) in [4.78, 5) is 23.6. The predicted octanol–water partition coefficient (Wildman–Crippen LogP) is 2.78. The molecule has 0 saturated heterocycles. The molecule has 0 heterocycles. The number of hydrogen-bond donors (Lipinski definition) is 1. The van der Waals surface area contributed by atoms with Gasteiger partial charge in [-0.2, -0.15) is 0 Å². The van der Waals surface area contributed by atoms with Gasteiger partial charge in [0.1, 0.15) is 19.0 Å². The van der Waals surface area contributed by atoms with Crippen molar-refractivity contribution < 1.29 is 18.7 Å². The van der Waals surface area contributed by atoms with Gasteiger partial charge in [-0.15, -0.1) is 11.8 Å². The molecule has 0 unspecified atom stereocenters. The van der Waals surface area contributed by atoms with Gasteiger partial charge in [0, 0.05) is 4.90 Å². The van der Waals surface area contributed by atoms with E-state index in [9.17, 15) is 14.0 Å². The van der Waals surface area contributed by atoms with Crippen molar-refractivity contribution in [2.45, 2.75) is 11.5 Å². The van der Waals surface area contributed by atoms with Crippen molar-refractivity contribution in [3.05, 3.63) is 66.0 Å². The number of benzene rings is 2. The molecule has 0 saturated carbocycles. The van der Waals surface area contributed by atoms with Gasteiger partial charge >= 0.3 is 5.97 Å². The molecule has 6 heteroatoms. The topological polar surface area (TPSA) is 55.4 Å². The highest BCUT2D eigenvalue weighted by Crippen LogP contribution is 2.20. The van der Waals surface area contributed by atoms with Crippen LogP contribution in [0.25, 0.3) is 0 Å². The lowest BCUT2D eigenvalue weighted by Gasteiger charge is -2.07. The van der Waals surface area contributed by atoms with Crippen molar-refractivity contribution in [1.82, 2.24) is 5.32 Å². The highest BCUT2D eigenvalue weighted by Gasteiger charge is 2.09. The average Bonchev–Trinajstić information content (AvgIpc) is 2.58. The fourth-order valence-electron chi connectivity index (χ4n) is 1.72. The quantitative estimate of drug-likeness (QED) is 0.625. The molecule has 23 heavy (non-hydrogen) atoms. The zero-order valence-corrected chi connectivity index (χ0v) is 13.1. The standard InChI is InChI=1S/C17H16FNO3S/c18-14-8-4-5-9-15(14)23-12-16(20)19-10-17(21)22-11-13-6-2-1-3-7-13/h1-9H,10-12H2,(H,19,20). The number of hydrogen-bond acceptors (Lipinski definition) is 4. The Morgan fingerprint density at radius 3 is 2.48 bits per heavy atom. The number of nitrogens with one attached hydrogen (secondary N) is 1. The van der Waals surface area contributed by atoms with E-state index in [1.165, 1.54) is 6.07 Å². The first-order valence-corrected chi connectivity index (χ1v) is 7.97. The van der Waals surface area contributed by atoms with Gasteiger partial charge in [-0.05, 0) is 17.7 Å². The molecule has 0 aliphatic rings. The van der Waals surface area contributed by atoms with E-state index in [4.69, 9.17) is 4.74 Å². The van der Waals surface area contributed by atoms with Crippen molar-refractivity contribution in [3.63, 3.8) is 0 Å². The summed E-state index contributed by atoms with van der Waals surface area (Å²) in [5.41, 5.74) is 0.877. The van der Waals surface area contributed by atoms with E-state index < -0.39 is 5.97 Å². The number of halogens is 1. The fraction of sp³-hybridized carbons (Fsp3) is 0.176. The van der Waals surface area contributed by atoms with Crippen LogP contribution in [0.4, 0.5) is 4.39 Å². The molecule has 0 atom stereocenters. The Kier molecular flexibility index (Phi) is 6.62. The molecule has 120 valence electrons. The summed E-state index contributed by atoms with van der Waals surface area (Å²) in [6.45, 7) is -0.0387. The Morgan fingerprint density at radius 2 is 1.74 bits per heavy atom. The number of carbonyl (C=O) groups is 2. The maximum Gasteiger partial charge on any atom is 0.325 e. The Bertz CT molecular complexity index is 664. The van der Waals surface area contributed by atoms with Crippen LogP contribution in [0.3, 0.4) is 0 Å². The molecular formula is C17H16FNO3S. The molecular weight excluding hydrogens is 317 g/mol. The van der Waals surface area contributed by atoms with Gasteiger partial charge in [0.15, 0.2) is 0 Å². The molecule has 0 aromatic heterocycles. The summed E-state index contributed by atoms with van der Waals surface area (Å²) < 4.78 is 18.4. The Balaban J connectivity index is 1.66. The van der Waals surface area contributed by atoms with E-state index in [1.807, 2.05) is 30.3 Å². The van der Waals surface area contributed by atoms with E-state index in [0.717, 1.165) is 17.3 Å². The highest BCUT2D eigenvalue weighted by atomic mass is 32.2. The lowest BCUT2D eigenvalue weighted by Crippen LogP contribution is -2.31. The summed E-state index contributed by atoms with van der Waals surface area (Å²) in [7, 11) is 0. The average molecular weight is 333 g/mol. The summed E-state index contributed by atoms with van der Waals surface area (Å²) in [6.07, 6.45) is 0. The van der Waals surface area contributed by atoms with E-state index >= 15 is 0 Å². The maximum absolute atomic E-state index is 13.4. The molecule has 0 radical (unpaired) electrons. The molecule has 0 fully saturated rings. The Hall–Kier alpha value is -2.34. The zero-order chi connectivity index (χ0) is 16.5. The summed E-state index contributed by atoms with van der Waals surface area (Å²) >= 11 is 1.08. The Morgan fingerprint density at radius 1 is 1.04 bits per heavy atom. The second-order valence-electron chi connectivity index (χ2n) is 4.64. The van der Waals surface area contributed by atoms with Crippen LogP contribution < -0.4 is 5.32 Å². The van der Waals surface area contributed by atoms with E-state index in [2.05, 4.69) is 5.32 Å². The number of rotatable bonds is 7. The molecule has 0 aliphatic heterocycles. The van der Waals surface area contributed by atoms with Crippen LogP contribution >= 0.6 is 11.8 Å². The van der Waals surface area contributed by atoms with Crippen LogP contribution in [0, 0.1) is 5.82 Å². The normalized spacial score (nSPS) is 10.1. The monoisotopic (exact) mass is 333 g/mol. The first-order valence-electron chi connectivity index (χ1n) is 6.99. The molecule has 0 spiro atoms. The first-order chi connectivity index (χ1) is 11.1. The second-order valence-corrected chi connectivity index (χ2v) is 5.66. The van der Waals surface area contributed by atoms with Crippen molar-refractivity contribution >= 4 is 23.6 Å². The predicted molar refractivity (Wildman–Crippen MR) is 86.4 cm³/mol. The lowest BCUT2D eigenvalue weighted by molar-refractivity contribution is -0.145. The van der Waals surface area contributed by atoms with Crippen LogP contribution in [0.2, 0.25) is 0 Å². The minimum atomic E-state index is -0.516. The molecule has 0 aliphatic carbocycles. The highest BCUT2D eigenvalue weighted by molar-refractivity contribution is 8.00. The van der Waals surface area contributed by atoms with Gasteiger partial charge in [0.2, 0.25) is 5.91 Å². The van der Waals surface area contributed by atoms with Crippen LogP contribution in [-0.4, -0.2) is 24.2 Å². The molecule has 2 aromatic carbocycles. The number of thioether (sulfide) groups is 1. The van der Waals surface area contributed by atoms with Crippen molar-refractivity contribution in [1.29, 1.82) is 0 Å². The van der Waals surface area contributed by atoms with Gasteiger partial charge in [-0.1, -0.05) is 42.5 Å². The van der Waals surface area contributed by atoms with Crippen LogP contribution in [-0.2, 0) is 20.9 Å². The molecule has 4 nitrogen and oxygen atoms in total. The number of carbonyl (C=O) groups excluding carboxylic acids is 2. The SMILES string of the molecule is O=C(CSc1ccccc1F)NCC(=O)OCc1ccccc1. The Labute approximate surface area is 138 Å². The lowest BCUT2D eigenvalue weighted by atomic mass is 10.2. The number of esters is 1. The van der Waals surface area contributed by atoms with Gasteiger partial charge in [-0.3, -0.25) is 9.59 Å². The van der Waals surface area contributed by atoms with Crippen LogP contribution in [0.15, 0.2) is 59.5 Å². The van der Waals surface area contributed by atoms with E-state index in [-0.39, 0.29) is 30.6 Å². The first kappa shape index (κ1) is 17.0. The summed E-state index contributed by atoms with van der Waals surface area (Å²) in [6, 6.07) is 15.5. The summed E-state index contributed by atoms with van der Waals surface area (Å²) in [5, 5.41) is 2.45. The van der Waals surface area contributed by atoms with Crippen LogP contribution in [0.1, 0.15) is 5.56 Å². The minimum absolute atomic E-state index is 0.0346. The van der Waals surface area contributed by atoms with Gasteiger partial charge < -0.3 is 10.1 Å². The second kappa shape index (κ2) is 8.95. The third kappa shape index (κ3) is 6.12. The third-order valence-electron chi connectivity index (χ3n) is 2.87. The molecule has 0 bridgehead atoms. The summed E-state index contributed by atoms with van der Waals surface area (Å²) in [5.74, 6) is -1.20. The van der Waals surface area contributed by atoms with Gasteiger partial charge in [0.25, 0.3) is 0 Å². The zero-order valence-electron chi connectivity index (χ0n) is 12.3. The van der Waals surface area contributed by atoms with Crippen molar-refractivity contribution in [2.75, 3.05) is 12.3 Å². The van der Waals surface area contributed by atoms with Crippen molar-refractivity contribution in [2.24, 2.45) is 0 Å². The molecule has 2 aromatic rings.